The maximum absolute atomic E-state index is 12.2. The molecule has 0 aliphatic heterocycles. The van der Waals surface area contributed by atoms with E-state index in [0.29, 0.717) is 35.4 Å². The molecule has 0 bridgehead atoms. The molecule has 3 saturated carbocycles. The van der Waals surface area contributed by atoms with Crippen molar-refractivity contribution in [2.75, 3.05) is 26.1 Å². The summed E-state index contributed by atoms with van der Waals surface area (Å²) in [7, 11) is 6.17. The van der Waals surface area contributed by atoms with Crippen molar-refractivity contribution in [3.63, 3.8) is 0 Å². The molecule has 0 heterocycles. The molecule has 5 aliphatic carbocycles. The monoisotopic (exact) mass is 431 g/mol. The highest BCUT2D eigenvalue weighted by atomic mass is 16.5. The van der Waals surface area contributed by atoms with Gasteiger partial charge in [0.25, 0.3) is 0 Å². The average Bonchev–Trinajstić information content (AvgIpc) is 3.35. The molecule has 1 aromatic rings. The molecule has 3 heteroatoms. The van der Waals surface area contributed by atoms with Crippen LogP contribution in [0.15, 0.2) is 47.1 Å². The third-order valence-corrected chi connectivity index (χ3v) is 10.4. The van der Waals surface area contributed by atoms with Crippen LogP contribution in [0.1, 0.15) is 70.3 Å². The van der Waals surface area contributed by atoms with E-state index in [1.165, 1.54) is 42.5 Å². The second-order valence-electron chi connectivity index (χ2n) is 12.0. The SMILES string of the molecule is CO[C@@]12C[C@]1(C)C[C@H]1[C@@H]3CCC4=CC(=O)CCC4=C3[C@@H](c3ccc(N(C)C)cc3)C[C@@]12C. The summed E-state index contributed by atoms with van der Waals surface area (Å²) in [5.41, 5.74) is 7.86. The van der Waals surface area contributed by atoms with Crippen molar-refractivity contribution < 1.29 is 9.53 Å². The molecule has 0 radical (unpaired) electrons. The lowest BCUT2D eigenvalue weighted by molar-refractivity contribution is -0.114. The Morgan fingerprint density at radius 1 is 1.03 bits per heavy atom. The first-order chi connectivity index (χ1) is 15.2. The molecule has 3 fully saturated rings. The van der Waals surface area contributed by atoms with Crippen LogP contribution in [0.4, 0.5) is 5.69 Å². The highest BCUT2D eigenvalue weighted by Gasteiger charge is 2.81. The van der Waals surface area contributed by atoms with Crippen LogP contribution in [0, 0.1) is 22.7 Å². The lowest BCUT2D eigenvalue weighted by Gasteiger charge is -2.54. The molecule has 1 aromatic carbocycles. The number of methoxy groups -OCH3 is 1. The third-order valence-electron chi connectivity index (χ3n) is 10.4. The lowest BCUT2D eigenvalue weighted by atomic mass is 9.51. The van der Waals surface area contributed by atoms with Gasteiger partial charge in [0.2, 0.25) is 0 Å². The number of rotatable bonds is 3. The molecule has 3 nitrogen and oxygen atoms in total. The Labute approximate surface area is 192 Å². The Morgan fingerprint density at radius 2 is 1.78 bits per heavy atom. The largest absolute Gasteiger partial charge is 0.378 e. The number of allylic oxidation sites excluding steroid dienone is 4. The predicted octanol–water partition coefficient (Wildman–Crippen LogP) is 6.06. The standard InChI is InChI=1S/C29H37NO2/c1-27-16-25-23-12-8-19-14-21(31)11-13-22(19)26(23)24(15-28(25,2)29(27,17-27)32-5)18-6-9-20(10-7-18)30(3)4/h6-7,9-10,14,23-25H,8,11-13,15-17H2,1-5H3/t23-,24+,25-,27-,28-,29-/m0/s1. The second-order valence-corrected chi connectivity index (χ2v) is 12.0. The molecule has 170 valence electrons. The van der Waals surface area contributed by atoms with Gasteiger partial charge in [-0.3, -0.25) is 4.79 Å². The van der Waals surface area contributed by atoms with E-state index in [4.69, 9.17) is 4.74 Å². The van der Waals surface area contributed by atoms with Gasteiger partial charge in [-0.1, -0.05) is 31.6 Å². The van der Waals surface area contributed by atoms with Crippen LogP contribution in [0.5, 0.6) is 0 Å². The van der Waals surface area contributed by atoms with Gasteiger partial charge in [-0.2, -0.15) is 0 Å². The van der Waals surface area contributed by atoms with Crippen LogP contribution in [0.2, 0.25) is 0 Å². The van der Waals surface area contributed by atoms with Crippen LogP contribution in [-0.2, 0) is 9.53 Å². The quantitative estimate of drug-likeness (QED) is 0.583. The van der Waals surface area contributed by atoms with Crippen molar-refractivity contribution in [3.05, 3.63) is 52.6 Å². The zero-order chi connectivity index (χ0) is 22.5. The molecule has 0 spiro atoms. The summed E-state index contributed by atoms with van der Waals surface area (Å²) >= 11 is 0. The number of hydrogen-bond acceptors (Lipinski definition) is 3. The van der Waals surface area contributed by atoms with Crippen LogP contribution < -0.4 is 4.90 Å². The Kier molecular flexibility index (Phi) is 4.27. The summed E-state index contributed by atoms with van der Waals surface area (Å²) < 4.78 is 6.40. The van der Waals surface area contributed by atoms with Crippen molar-refractivity contribution in [1.29, 1.82) is 0 Å². The predicted molar refractivity (Wildman–Crippen MR) is 129 cm³/mol. The first-order valence-electron chi connectivity index (χ1n) is 12.5. The minimum absolute atomic E-state index is 0.0430. The van der Waals surface area contributed by atoms with Crippen LogP contribution >= 0.6 is 0 Å². The van der Waals surface area contributed by atoms with Gasteiger partial charge in [0.1, 0.15) is 0 Å². The van der Waals surface area contributed by atoms with Gasteiger partial charge in [0, 0.05) is 50.1 Å². The normalized spacial score (nSPS) is 42.0. The molecule has 0 amide bonds. The fourth-order valence-corrected chi connectivity index (χ4v) is 8.83. The smallest absolute Gasteiger partial charge is 0.156 e. The number of benzene rings is 1. The Morgan fingerprint density at radius 3 is 2.47 bits per heavy atom. The highest BCUT2D eigenvalue weighted by Crippen LogP contribution is 2.82. The number of hydrogen-bond donors (Lipinski definition) is 0. The van der Waals surface area contributed by atoms with Crippen molar-refractivity contribution in [2.45, 2.75) is 70.3 Å². The topological polar surface area (TPSA) is 29.5 Å². The van der Waals surface area contributed by atoms with Crippen molar-refractivity contribution in [2.24, 2.45) is 22.7 Å². The molecule has 6 rings (SSSR count). The lowest BCUT2D eigenvalue weighted by Crippen LogP contribution is -2.48. The Bertz CT molecular complexity index is 1050. The summed E-state index contributed by atoms with van der Waals surface area (Å²) in [6.45, 7) is 5.03. The number of fused-ring (bicyclic) bond motifs is 6. The molecule has 0 aromatic heterocycles. The molecule has 0 unspecified atom stereocenters. The fraction of sp³-hybridized carbons (Fsp3) is 0.621. The number of carbonyl (C=O) groups excluding carboxylic acids is 1. The van der Waals surface area contributed by atoms with Crippen molar-refractivity contribution in [1.82, 2.24) is 0 Å². The molecule has 32 heavy (non-hydrogen) atoms. The molecular weight excluding hydrogens is 394 g/mol. The summed E-state index contributed by atoms with van der Waals surface area (Å²) in [4.78, 5) is 14.4. The first kappa shape index (κ1) is 20.7. The van der Waals surface area contributed by atoms with E-state index in [1.54, 1.807) is 11.1 Å². The Balaban J connectivity index is 1.51. The van der Waals surface area contributed by atoms with Gasteiger partial charge < -0.3 is 9.64 Å². The number of ether oxygens (including phenoxy) is 1. The summed E-state index contributed by atoms with van der Waals surface area (Å²) in [6, 6.07) is 9.27. The van der Waals surface area contributed by atoms with E-state index >= 15 is 0 Å². The van der Waals surface area contributed by atoms with Crippen LogP contribution in [0.25, 0.3) is 0 Å². The van der Waals surface area contributed by atoms with Gasteiger partial charge in [0.05, 0.1) is 5.60 Å². The van der Waals surface area contributed by atoms with E-state index in [2.05, 4.69) is 57.1 Å². The highest BCUT2D eigenvalue weighted by molar-refractivity contribution is 5.93. The minimum atomic E-state index is 0.0430. The fourth-order valence-electron chi connectivity index (χ4n) is 8.83. The van der Waals surface area contributed by atoms with Gasteiger partial charge in [0.15, 0.2) is 5.78 Å². The maximum Gasteiger partial charge on any atom is 0.156 e. The zero-order valence-electron chi connectivity index (χ0n) is 20.3. The van der Waals surface area contributed by atoms with E-state index < -0.39 is 0 Å². The average molecular weight is 432 g/mol. The van der Waals surface area contributed by atoms with Crippen LogP contribution in [0.3, 0.4) is 0 Å². The summed E-state index contributed by atoms with van der Waals surface area (Å²) in [5.74, 6) is 2.08. The molecular formula is C29H37NO2. The van der Waals surface area contributed by atoms with Gasteiger partial charge in [-0.25, -0.2) is 0 Å². The van der Waals surface area contributed by atoms with Crippen molar-refractivity contribution in [3.8, 4) is 0 Å². The number of nitrogens with zero attached hydrogens (tertiary/aromatic N) is 1. The maximum atomic E-state index is 12.2. The number of carbonyl (C=O) groups is 1. The van der Waals surface area contributed by atoms with Gasteiger partial charge >= 0.3 is 0 Å². The van der Waals surface area contributed by atoms with E-state index in [1.807, 2.05) is 13.2 Å². The summed E-state index contributed by atoms with van der Waals surface area (Å²) in [5, 5.41) is 0. The summed E-state index contributed by atoms with van der Waals surface area (Å²) in [6.07, 6.45) is 9.55. The molecule has 0 saturated heterocycles. The van der Waals surface area contributed by atoms with Gasteiger partial charge in [-0.05, 0) is 85.3 Å². The van der Waals surface area contributed by atoms with Crippen molar-refractivity contribution >= 4 is 11.5 Å². The van der Waals surface area contributed by atoms with Crippen LogP contribution in [-0.4, -0.2) is 32.6 Å². The number of ketones is 1. The van der Waals surface area contributed by atoms with E-state index in [9.17, 15) is 4.79 Å². The van der Waals surface area contributed by atoms with Gasteiger partial charge in [-0.15, -0.1) is 0 Å². The minimum Gasteiger partial charge on any atom is -0.378 e. The Hall–Kier alpha value is -1.87. The van der Waals surface area contributed by atoms with E-state index in [0.717, 1.165) is 12.8 Å². The molecule has 0 N–H and O–H groups in total. The molecule has 6 atom stereocenters. The number of anilines is 1. The zero-order valence-corrected chi connectivity index (χ0v) is 20.3. The third kappa shape index (κ3) is 2.49. The second kappa shape index (κ2) is 6.59. The first-order valence-corrected chi connectivity index (χ1v) is 12.5. The van der Waals surface area contributed by atoms with E-state index in [-0.39, 0.29) is 11.0 Å². The molecule has 5 aliphatic rings.